The van der Waals surface area contributed by atoms with Crippen LogP contribution in [0.1, 0.15) is 24.1 Å². The Morgan fingerprint density at radius 3 is 2.84 bits per heavy atom. The zero-order valence-corrected chi connectivity index (χ0v) is 13.5. The SMILES string of the molecule is Fc1ccc(F)c(C2(n3ccnc3-c3cc4n(n3)CCNC4)CC2)c1. The molecule has 25 heavy (non-hydrogen) atoms. The molecule has 3 heterocycles. The third-order valence-corrected chi connectivity index (χ3v) is 5.15. The van der Waals surface area contributed by atoms with Gasteiger partial charge in [0, 0.05) is 31.0 Å². The summed E-state index contributed by atoms with van der Waals surface area (Å²) in [5, 5.41) is 7.97. The molecule has 1 aromatic carbocycles. The number of aromatic nitrogens is 4. The quantitative estimate of drug-likeness (QED) is 0.797. The molecule has 0 amide bonds. The molecule has 0 radical (unpaired) electrons. The fourth-order valence-corrected chi connectivity index (χ4v) is 3.75. The van der Waals surface area contributed by atoms with Gasteiger partial charge in [-0.15, -0.1) is 0 Å². The van der Waals surface area contributed by atoms with E-state index < -0.39 is 11.4 Å². The number of hydrogen-bond acceptors (Lipinski definition) is 3. The van der Waals surface area contributed by atoms with Crippen molar-refractivity contribution in [3.8, 4) is 11.5 Å². The van der Waals surface area contributed by atoms with Crippen molar-refractivity contribution < 1.29 is 8.78 Å². The zero-order chi connectivity index (χ0) is 17.0. The Bertz CT molecular complexity index is 931. The van der Waals surface area contributed by atoms with Gasteiger partial charge in [-0.05, 0) is 37.1 Å². The minimum Gasteiger partial charge on any atom is -0.319 e. The summed E-state index contributed by atoms with van der Waals surface area (Å²) < 4.78 is 32.0. The molecular weight excluding hydrogens is 324 g/mol. The molecule has 0 bridgehead atoms. The maximum atomic E-state index is 14.4. The summed E-state index contributed by atoms with van der Waals surface area (Å²) in [6.45, 7) is 2.48. The van der Waals surface area contributed by atoms with Crippen LogP contribution in [0, 0.1) is 11.6 Å². The third kappa shape index (κ3) is 2.22. The van der Waals surface area contributed by atoms with E-state index >= 15 is 0 Å². The molecule has 5 nitrogen and oxygen atoms in total. The number of nitrogens with zero attached hydrogens (tertiary/aromatic N) is 4. The number of fused-ring (bicyclic) bond motifs is 1. The van der Waals surface area contributed by atoms with Crippen molar-refractivity contribution >= 4 is 0 Å². The molecule has 1 aliphatic carbocycles. The van der Waals surface area contributed by atoms with Crippen molar-refractivity contribution in [2.24, 2.45) is 0 Å². The minimum absolute atomic E-state index is 0.383. The molecule has 5 rings (SSSR count). The predicted molar refractivity (Wildman–Crippen MR) is 87.8 cm³/mol. The summed E-state index contributed by atoms with van der Waals surface area (Å²) in [5.41, 5.74) is 1.70. The van der Waals surface area contributed by atoms with Gasteiger partial charge in [-0.2, -0.15) is 5.10 Å². The van der Waals surface area contributed by atoms with E-state index in [4.69, 9.17) is 0 Å². The molecule has 0 atom stereocenters. The average Bonchev–Trinajstić information content (AvgIpc) is 3.07. The highest BCUT2D eigenvalue weighted by Crippen LogP contribution is 2.51. The fraction of sp³-hybridized carbons (Fsp3) is 0.333. The number of halogens is 2. The second-order valence-corrected chi connectivity index (χ2v) is 6.70. The molecular formula is C18H17F2N5. The molecule has 1 fully saturated rings. The summed E-state index contributed by atoms with van der Waals surface area (Å²) in [6, 6.07) is 5.67. The van der Waals surface area contributed by atoms with E-state index in [1.54, 1.807) is 6.20 Å². The Labute approximate surface area is 143 Å². The summed E-state index contributed by atoms with van der Waals surface area (Å²) in [7, 11) is 0. The van der Waals surface area contributed by atoms with E-state index in [1.807, 2.05) is 21.5 Å². The molecule has 128 valence electrons. The highest BCUT2D eigenvalue weighted by Gasteiger charge is 2.49. The lowest BCUT2D eigenvalue weighted by Gasteiger charge is -2.20. The standard InChI is InChI=1S/C18H17F2N5/c19-12-1-2-15(20)14(9-12)18(3-4-18)24-7-6-22-17(24)16-10-13-11-21-5-8-25(13)23-16/h1-2,6-7,9-10,21H,3-5,8,11H2. The molecule has 1 saturated carbocycles. The van der Waals surface area contributed by atoms with Crippen molar-refractivity contribution in [3.63, 3.8) is 0 Å². The molecule has 0 unspecified atom stereocenters. The van der Waals surface area contributed by atoms with Crippen LogP contribution in [0.2, 0.25) is 0 Å². The van der Waals surface area contributed by atoms with Crippen LogP contribution < -0.4 is 5.32 Å². The molecule has 1 N–H and O–H groups in total. The van der Waals surface area contributed by atoms with Gasteiger partial charge in [0.25, 0.3) is 0 Å². The highest BCUT2D eigenvalue weighted by molar-refractivity contribution is 5.53. The van der Waals surface area contributed by atoms with Gasteiger partial charge in [-0.1, -0.05) is 0 Å². The zero-order valence-electron chi connectivity index (χ0n) is 13.5. The van der Waals surface area contributed by atoms with Crippen LogP contribution >= 0.6 is 0 Å². The highest BCUT2D eigenvalue weighted by atomic mass is 19.1. The van der Waals surface area contributed by atoms with Crippen LogP contribution in [0.15, 0.2) is 36.7 Å². The van der Waals surface area contributed by atoms with Gasteiger partial charge in [-0.3, -0.25) is 4.68 Å². The molecule has 1 aliphatic heterocycles. The van der Waals surface area contributed by atoms with Crippen LogP contribution in [0.4, 0.5) is 8.78 Å². The van der Waals surface area contributed by atoms with E-state index in [1.165, 1.54) is 12.1 Å². The Hall–Kier alpha value is -2.54. The average molecular weight is 341 g/mol. The Morgan fingerprint density at radius 2 is 2.04 bits per heavy atom. The molecule has 3 aromatic rings. The molecule has 7 heteroatoms. The third-order valence-electron chi connectivity index (χ3n) is 5.15. The van der Waals surface area contributed by atoms with Crippen LogP contribution in [-0.4, -0.2) is 25.9 Å². The van der Waals surface area contributed by atoms with Crippen molar-refractivity contribution in [2.45, 2.75) is 31.5 Å². The van der Waals surface area contributed by atoms with Gasteiger partial charge in [0.15, 0.2) is 5.82 Å². The molecule has 0 spiro atoms. The normalized spacial score (nSPS) is 18.2. The lowest BCUT2D eigenvalue weighted by Crippen LogP contribution is -2.28. The van der Waals surface area contributed by atoms with E-state index in [-0.39, 0.29) is 5.82 Å². The largest absolute Gasteiger partial charge is 0.319 e. The first-order chi connectivity index (χ1) is 12.2. The van der Waals surface area contributed by atoms with E-state index in [9.17, 15) is 8.78 Å². The predicted octanol–water partition coefficient (Wildman–Crippen LogP) is 2.67. The first kappa shape index (κ1) is 14.8. The van der Waals surface area contributed by atoms with Crippen LogP contribution in [0.25, 0.3) is 11.5 Å². The van der Waals surface area contributed by atoms with Crippen LogP contribution in [0.3, 0.4) is 0 Å². The number of rotatable bonds is 3. The first-order valence-corrected chi connectivity index (χ1v) is 8.45. The summed E-state index contributed by atoms with van der Waals surface area (Å²) in [6.07, 6.45) is 5.05. The van der Waals surface area contributed by atoms with Crippen molar-refractivity contribution in [2.75, 3.05) is 6.54 Å². The first-order valence-electron chi connectivity index (χ1n) is 8.45. The second kappa shape index (κ2) is 5.23. The number of hydrogen-bond donors (Lipinski definition) is 1. The Morgan fingerprint density at radius 1 is 1.16 bits per heavy atom. The second-order valence-electron chi connectivity index (χ2n) is 6.70. The van der Waals surface area contributed by atoms with E-state index in [0.717, 1.165) is 49.9 Å². The molecule has 0 saturated heterocycles. The Balaban J connectivity index is 1.61. The number of imidazole rings is 1. The fourth-order valence-electron chi connectivity index (χ4n) is 3.75. The monoisotopic (exact) mass is 341 g/mol. The van der Waals surface area contributed by atoms with Gasteiger partial charge in [0.1, 0.15) is 17.3 Å². The van der Waals surface area contributed by atoms with Crippen LogP contribution in [0.5, 0.6) is 0 Å². The topological polar surface area (TPSA) is 47.7 Å². The van der Waals surface area contributed by atoms with Gasteiger partial charge < -0.3 is 9.88 Å². The number of benzene rings is 1. The maximum absolute atomic E-state index is 14.4. The summed E-state index contributed by atoms with van der Waals surface area (Å²) in [5.74, 6) is -0.109. The number of nitrogens with one attached hydrogen (secondary N) is 1. The lowest BCUT2D eigenvalue weighted by atomic mass is 10.0. The molecule has 2 aliphatic rings. The van der Waals surface area contributed by atoms with Gasteiger partial charge in [0.05, 0.1) is 17.8 Å². The minimum atomic E-state index is -0.569. The smallest absolute Gasteiger partial charge is 0.161 e. The van der Waals surface area contributed by atoms with Crippen molar-refractivity contribution in [1.82, 2.24) is 24.6 Å². The Kier molecular flexibility index (Phi) is 3.09. The lowest BCUT2D eigenvalue weighted by molar-refractivity contribution is 0.475. The maximum Gasteiger partial charge on any atom is 0.161 e. The van der Waals surface area contributed by atoms with Gasteiger partial charge in [0.2, 0.25) is 0 Å². The van der Waals surface area contributed by atoms with Gasteiger partial charge >= 0.3 is 0 Å². The van der Waals surface area contributed by atoms with Crippen LogP contribution in [-0.2, 0) is 18.6 Å². The van der Waals surface area contributed by atoms with E-state index in [0.29, 0.717) is 11.4 Å². The van der Waals surface area contributed by atoms with Crippen molar-refractivity contribution in [1.29, 1.82) is 0 Å². The van der Waals surface area contributed by atoms with Crippen molar-refractivity contribution in [3.05, 3.63) is 59.6 Å². The molecule has 2 aromatic heterocycles. The van der Waals surface area contributed by atoms with Gasteiger partial charge in [-0.25, -0.2) is 13.8 Å². The summed E-state index contributed by atoms with van der Waals surface area (Å²) in [4.78, 5) is 4.46. The summed E-state index contributed by atoms with van der Waals surface area (Å²) >= 11 is 0. The van der Waals surface area contributed by atoms with E-state index in [2.05, 4.69) is 15.4 Å².